The molecule has 94 valence electrons. The summed E-state index contributed by atoms with van der Waals surface area (Å²) >= 11 is 5.98. The second-order valence-corrected chi connectivity index (χ2v) is 4.53. The molecule has 0 aliphatic heterocycles. The Labute approximate surface area is 106 Å². The molecule has 0 atom stereocenters. The van der Waals surface area contributed by atoms with Crippen LogP contribution in [0.1, 0.15) is 17.5 Å². The molecule has 1 aromatic rings. The lowest BCUT2D eigenvalue weighted by molar-refractivity contribution is -0.124. The van der Waals surface area contributed by atoms with Gasteiger partial charge in [0.1, 0.15) is 5.82 Å². The van der Waals surface area contributed by atoms with Gasteiger partial charge in [0.25, 0.3) is 0 Å². The van der Waals surface area contributed by atoms with Crippen molar-refractivity contribution >= 4 is 17.5 Å². The summed E-state index contributed by atoms with van der Waals surface area (Å²) in [4.78, 5) is 11.4. The molecule has 0 unspecified atom stereocenters. The molecule has 0 aliphatic carbocycles. The molecule has 0 bridgehead atoms. The standard InChI is InChI=1S/C12H16ClFN2O/c1-8-6-10(13)9(7-11(8)14)4-5-12(17)15-16(2)3/h6-7H,4-5H2,1-3H3,(H,15,17). The molecule has 17 heavy (non-hydrogen) atoms. The zero-order valence-electron chi connectivity index (χ0n) is 10.2. The van der Waals surface area contributed by atoms with Gasteiger partial charge in [-0.15, -0.1) is 0 Å². The maximum atomic E-state index is 13.3. The van der Waals surface area contributed by atoms with E-state index in [0.717, 1.165) is 0 Å². The Hall–Kier alpha value is -1.13. The van der Waals surface area contributed by atoms with Crippen LogP contribution < -0.4 is 5.43 Å². The Morgan fingerprint density at radius 1 is 1.47 bits per heavy atom. The molecule has 0 radical (unpaired) electrons. The van der Waals surface area contributed by atoms with Crippen molar-refractivity contribution in [1.29, 1.82) is 0 Å². The summed E-state index contributed by atoms with van der Waals surface area (Å²) in [5, 5.41) is 2.07. The van der Waals surface area contributed by atoms with Crippen molar-refractivity contribution in [3.05, 3.63) is 34.1 Å². The van der Waals surface area contributed by atoms with Crippen LogP contribution in [0, 0.1) is 12.7 Å². The van der Waals surface area contributed by atoms with E-state index in [1.807, 2.05) is 0 Å². The van der Waals surface area contributed by atoms with Gasteiger partial charge in [0.05, 0.1) is 0 Å². The summed E-state index contributed by atoms with van der Waals surface area (Å²) in [5.41, 5.74) is 3.78. The van der Waals surface area contributed by atoms with Gasteiger partial charge >= 0.3 is 0 Å². The molecule has 0 spiro atoms. The van der Waals surface area contributed by atoms with Crippen molar-refractivity contribution in [3.8, 4) is 0 Å². The first-order valence-electron chi connectivity index (χ1n) is 5.31. The summed E-state index contributed by atoms with van der Waals surface area (Å²) in [7, 11) is 3.47. The van der Waals surface area contributed by atoms with Crippen molar-refractivity contribution in [2.75, 3.05) is 14.1 Å². The Bertz CT molecular complexity index is 421. The third-order valence-electron chi connectivity index (χ3n) is 2.30. The predicted octanol–water partition coefficient (Wildman–Crippen LogP) is 2.31. The van der Waals surface area contributed by atoms with E-state index in [-0.39, 0.29) is 18.1 Å². The highest BCUT2D eigenvalue weighted by Crippen LogP contribution is 2.21. The lowest BCUT2D eigenvalue weighted by Gasteiger charge is -2.12. The molecule has 1 amide bonds. The number of benzene rings is 1. The first-order chi connectivity index (χ1) is 7.90. The van der Waals surface area contributed by atoms with Crippen LogP contribution in [-0.4, -0.2) is 25.0 Å². The zero-order chi connectivity index (χ0) is 13.0. The summed E-state index contributed by atoms with van der Waals surface area (Å²) in [5.74, 6) is -0.413. The number of hydrogen-bond acceptors (Lipinski definition) is 2. The normalized spacial score (nSPS) is 10.7. The highest BCUT2D eigenvalue weighted by molar-refractivity contribution is 6.31. The van der Waals surface area contributed by atoms with Crippen LogP contribution in [0.25, 0.3) is 0 Å². The van der Waals surface area contributed by atoms with Crippen LogP contribution in [0.2, 0.25) is 5.02 Å². The van der Waals surface area contributed by atoms with Crippen LogP contribution >= 0.6 is 11.6 Å². The van der Waals surface area contributed by atoms with Gasteiger partial charge in [-0.1, -0.05) is 11.6 Å². The van der Waals surface area contributed by atoms with E-state index in [1.165, 1.54) is 6.07 Å². The van der Waals surface area contributed by atoms with Crippen molar-refractivity contribution < 1.29 is 9.18 Å². The first kappa shape index (κ1) is 13.9. The highest BCUT2D eigenvalue weighted by atomic mass is 35.5. The van der Waals surface area contributed by atoms with E-state index >= 15 is 0 Å². The van der Waals surface area contributed by atoms with E-state index in [9.17, 15) is 9.18 Å². The minimum absolute atomic E-state index is 0.118. The van der Waals surface area contributed by atoms with Crippen LogP contribution in [0.15, 0.2) is 12.1 Å². The molecule has 0 saturated carbocycles. The van der Waals surface area contributed by atoms with Gasteiger partial charge in [0.2, 0.25) is 5.91 Å². The van der Waals surface area contributed by atoms with E-state index < -0.39 is 0 Å². The monoisotopic (exact) mass is 258 g/mol. The Balaban J connectivity index is 2.63. The number of aryl methyl sites for hydroxylation is 2. The molecule has 0 heterocycles. The van der Waals surface area contributed by atoms with Crippen molar-refractivity contribution in [2.24, 2.45) is 0 Å². The van der Waals surface area contributed by atoms with E-state index in [0.29, 0.717) is 22.6 Å². The van der Waals surface area contributed by atoms with Crippen LogP contribution in [-0.2, 0) is 11.2 Å². The number of halogens is 2. The van der Waals surface area contributed by atoms with Gasteiger partial charge in [0, 0.05) is 25.5 Å². The molecular formula is C12H16ClFN2O. The number of amides is 1. The molecule has 0 aromatic heterocycles. The summed E-state index contributed by atoms with van der Waals surface area (Å²) in [6, 6.07) is 2.97. The van der Waals surface area contributed by atoms with E-state index in [2.05, 4.69) is 5.43 Å². The van der Waals surface area contributed by atoms with E-state index in [1.54, 1.807) is 32.1 Å². The number of hydrazine groups is 1. The second-order valence-electron chi connectivity index (χ2n) is 4.12. The lowest BCUT2D eigenvalue weighted by atomic mass is 10.1. The number of hydrogen-bond donors (Lipinski definition) is 1. The van der Waals surface area contributed by atoms with E-state index in [4.69, 9.17) is 11.6 Å². The Morgan fingerprint density at radius 2 is 2.12 bits per heavy atom. The molecule has 5 heteroatoms. The number of carbonyl (C=O) groups is 1. The first-order valence-corrected chi connectivity index (χ1v) is 5.69. The number of carbonyl (C=O) groups excluding carboxylic acids is 1. The maximum Gasteiger partial charge on any atom is 0.234 e. The Morgan fingerprint density at radius 3 is 2.71 bits per heavy atom. The quantitative estimate of drug-likeness (QED) is 0.841. The maximum absolute atomic E-state index is 13.3. The fourth-order valence-electron chi connectivity index (χ4n) is 1.43. The third kappa shape index (κ3) is 4.32. The molecule has 0 aliphatic rings. The molecule has 1 rings (SSSR count). The largest absolute Gasteiger partial charge is 0.289 e. The average molecular weight is 259 g/mol. The molecular weight excluding hydrogens is 243 g/mol. The second kappa shape index (κ2) is 5.98. The predicted molar refractivity (Wildman–Crippen MR) is 66.3 cm³/mol. The van der Waals surface area contributed by atoms with Crippen molar-refractivity contribution in [2.45, 2.75) is 19.8 Å². The molecule has 3 nitrogen and oxygen atoms in total. The molecule has 0 saturated heterocycles. The summed E-state index contributed by atoms with van der Waals surface area (Å²) < 4.78 is 13.3. The number of rotatable bonds is 4. The van der Waals surface area contributed by atoms with Gasteiger partial charge < -0.3 is 0 Å². The average Bonchev–Trinajstić information content (AvgIpc) is 2.20. The zero-order valence-corrected chi connectivity index (χ0v) is 10.9. The van der Waals surface area contributed by atoms with Gasteiger partial charge in [0.15, 0.2) is 0 Å². The molecule has 1 N–H and O–H groups in total. The molecule has 1 aromatic carbocycles. The Kier molecular flexibility index (Phi) is 4.90. The minimum atomic E-state index is -0.294. The van der Waals surface area contributed by atoms with Crippen molar-refractivity contribution in [3.63, 3.8) is 0 Å². The number of nitrogens with zero attached hydrogens (tertiary/aromatic N) is 1. The lowest BCUT2D eigenvalue weighted by Crippen LogP contribution is -2.36. The summed E-state index contributed by atoms with van der Waals surface area (Å²) in [6.07, 6.45) is 0.704. The van der Waals surface area contributed by atoms with Crippen LogP contribution in [0.4, 0.5) is 4.39 Å². The van der Waals surface area contributed by atoms with Crippen LogP contribution in [0.3, 0.4) is 0 Å². The molecule has 0 fully saturated rings. The fraction of sp³-hybridized carbons (Fsp3) is 0.417. The fourth-order valence-corrected chi connectivity index (χ4v) is 1.75. The SMILES string of the molecule is Cc1cc(Cl)c(CCC(=O)NN(C)C)cc1F. The van der Waals surface area contributed by atoms with Gasteiger partial charge in [-0.05, 0) is 36.6 Å². The van der Waals surface area contributed by atoms with Gasteiger partial charge in [-0.3, -0.25) is 10.2 Å². The number of nitrogens with one attached hydrogen (secondary N) is 1. The smallest absolute Gasteiger partial charge is 0.234 e. The highest BCUT2D eigenvalue weighted by Gasteiger charge is 2.08. The topological polar surface area (TPSA) is 32.3 Å². The van der Waals surface area contributed by atoms with Gasteiger partial charge in [-0.2, -0.15) is 0 Å². The summed E-state index contributed by atoms with van der Waals surface area (Å²) in [6.45, 7) is 1.66. The minimum Gasteiger partial charge on any atom is -0.289 e. The van der Waals surface area contributed by atoms with Crippen molar-refractivity contribution in [1.82, 2.24) is 10.4 Å². The van der Waals surface area contributed by atoms with Gasteiger partial charge in [-0.25, -0.2) is 9.40 Å². The van der Waals surface area contributed by atoms with Crippen LogP contribution in [0.5, 0.6) is 0 Å². The third-order valence-corrected chi connectivity index (χ3v) is 2.65.